The highest BCUT2D eigenvalue weighted by atomic mass is 32.1. The Bertz CT molecular complexity index is 744. The van der Waals surface area contributed by atoms with E-state index >= 15 is 0 Å². The lowest BCUT2D eigenvalue weighted by atomic mass is 10.3. The Kier molecular flexibility index (Phi) is 3.07. The first-order chi connectivity index (χ1) is 9.63. The Morgan fingerprint density at radius 1 is 1.50 bits per heavy atom. The molecule has 0 saturated heterocycles. The van der Waals surface area contributed by atoms with E-state index in [0.29, 0.717) is 17.5 Å². The number of thiophene rings is 1. The molecule has 1 amide bonds. The summed E-state index contributed by atoms with van der Waals surface area (Å²) in [6.07, 6.45) is 0. The first-order valence-corrected chi connectivity index (χ1v) is 6.71. The Morgan fingerprint density at radius 3 is 3.00 bits per heavy atom. The van der Waals surface area contributed by atoms with Gasteiger partial charge in [0.1, 0.15) is 5.76 Å². The number of aryl methyl sites for hydroxylation is 2. The second-order valence-electron chi connectivity index (χ2n) is 4.14. The zero-order valence-electron chi connectivity index (χ0n) is 10.8. The van der Waals surface area contributed by atoms with E-state index in [9.17, 15) is 4.79 Å². The minimum absolute atomic E-state index is 0.211. The van der Waals surface area contributed by atoms with E-state index in [0.717, 1.165) is 4.88 Å². The van der Waals surface area contributed by atoms with Crippen LogP contribution in [0.25, 0.3) is 10.7 Å². The highest BCUT2D eigenvalue weighted by Crippen LogP contribution is 2.22. The van der Waals surface area contributed by atoms with Crippen molar-refractivity contribution < 1.29 is 9.32 Å². The third-order valence-corrected chi connectivity index (χ3v) is 3.46. The van der Waals surface area contributed by atoms with Gasteiger partial charge in [-0.15, -0.1) is 16.4 Å². The Morgan fingerprint density at radius 2 is 2.35 bits per heavy atom. The summed E-state index contributed by atoms with van der Waals surface area (Å²) in [5.74, 6) is 1.13. The standard InChI is InChI=1S/C12H11N5O2S/c1-7-6-8(16-19-7)11(18)14-12-13-10(15-17(12)2)9-4-3-5-20-9/h3-6H,1-2H3,(H,13,14,15,18). The molecule has 0 bridgehead atoms. The molecule has 8 heteroatoms. The Hall–Kier alpha value is -2.48. The maximum Gasteiger partial charge on any atom is 0.280 e. The number of amides is 1. The SMILES string of the molecule is Cc1cc(C(=O)Nc2nc(-c3cccs3)nn2C)no1. The van der Waals surface area contributed by atoms with Gasteiger partial charge in [-0.25, -0.2) is 4.68 Å². The molecule has 3 heterocycles. The number of hydrogen-bond acceptors (Lipinski definition) is 6. The Balaban J connectivity index is 1.83. The van der Waals surface area contributed by atoms with Crippen LogP contribution < -0.4 is 5.32 Å². The van der Waals surface area contributed by atoms with Gasteiger partial charge in [-0.05, 0) is 18.4 Å². The highest BCUT2D eigenvalue weighted by Gasteiger charge is 2.16. The summed E-state index contributed by atoms with van der Waals surface area (Å²) < 4.78 is 6.38. The quantitative estimate of drug-likeness (QED) is 0.798. The van der Waals surface area contributed by atoms with Crippen molar-refractivity contribution in [2.45, 2.75) is 6.92 Å². The van der Waals surface area contributed by atoms with Crippen molar-refractivity contribution in [3.05, 3.63) is 35.0 Å². The van der Waals surface area contributed by atoms with Crippen LogP contribution in [0.1, 0.15) is 16.2 Å². The number of nitrogens with zero attached hydrogens (tertiary/aromatic N) is 4. The van der Waals surface area contributed by atoms with Gasteiger partial charge in [-0.2, -0.15) is 4.98 Å². The lowest BCUT2D eigenvalue weighted by Crippen LogP contribution is -2.15. The van der Waals surface area contributed by atoms with Crippen LogP contribution in [-0.4, -0.2) is 25.8 Å². The van der Waals surface area contributed by atoms with Crippen LogP contribution in [0.4, 0.5) is 5.95 Å². The molecule has 0 saturated carbocycles. The van der Waals surface area contributed by atoms with Crippen LogP contribution in [0.15, 0.2) is 28.1 Å². The molecule has 1 N–H and O–H groups in total. The number of aromatic nitrogens is 4. The number of carbonyl (C=O) groups excluding carboxylic acids is 1. The van der Waals surface area contributed by atoms with Gasteiger partial charge < -0.3 is 4.52 Å². The molecule has 0 aliphatic heterocycles. The summed E-state index contributed by atoms with van der Waals surface area (Å²) in [5, 5.41) is 12.5. The van der Waals surface area contributed by atoms with Gasteiger partial charge >= 0.3 is 0 Å². The van der Waals surface area contributed by atoms with Gasteiger partial charge in [0.25, 0.3) is 5.91 Å². The average molecular weight is 289 g/mol. The summed E-state index contributed by atoms with van der Waals surface area (Å²) in [6.45, 7) is 1.72. The van der Waals surface area contributed by atoms with Crippen molar-refractivity contribution in [3.63, 3.8) is 0 Å². The van der Waals surface area contributed by atoms with Crippen molar-refractivity contribution in [2.24, 2.45) is 7.05 Å². The number of anilines is 1. The van der Waals surface area contributed by atoms with Crippen LogP contribution in [-0.2, 0) is 7.05 Å². The van der Waals surface area contributed by atoms with Gasteiger partial charge in [0.05, 0.1) is 4.88 Å². The normalized spacial score (nSPS) is 10.7. The van der Waals surface area contributed by atoms with Crippen LogP contribution in [0.5, 0.6) is 0 Å². The molecule has 102 valence electrons. The van der Waals surface area contributed by atoms with E-state index in [1.807, 2.05) is 17.5 Å². The predicted octanol–water partition coefficient (Wildman–Crippen LogP) is 2.09. The summed E-state index contributed by atoms with van der Waals surface area (Å²) in [6, 6.07) is 5.41. The van der Waals surface area contributed by atoms with Crippen LogP contribution in [0, 0.1) is 6.92 Å². The molecule has 3 rings (SSSR count). The van der Waals surface area contributed by atoms with Crippen molar-refractivity contribution in [1.29, 1.82) is 0 Å². The molecule has 0 radical (unpaired) electrons. The van der Waals surface area contributed by atoms with Crippen molar-refractivity contribution >= 4 is 23.2 Å². The lowest BCUT2D eigenvalue weighted by molar-refractivity contribution is 0.101. The minimum Gasteiger partial charge on any atom is -0.361 e. The number of carbonyl (C=O) groups is 1. The molecule has 0 aromatic carbocycles. The van der Waals surface area contributed by atoms with Crippen molar-refractivity contribution in [3.8, 4) is 10.7 Å². The third-order valence-electron chi connectivity index (χ3n) is 2.59. The van der Waals surface area contributed by atoms with Crippen molar-refractivity contribution in [1.82, 2.24) is 19.9 Å². The van der Waals surface area contributed by atoms with Gasteiger partial charge in [0, 0.05) is 13.1 Å². The largest absolute Gasteiger partial charge is 0.361 e. The second kappa shape index (κ2) is 4.89. The minimum atomic E-state index is -0.380. The average Bonchev–Trinajstić information content (AvgIpc) is 3.11. The molecular formula is C12H11N5O2S. The molecule has 0 atom stereocenters. The predicted molar refractivity (Wildman–Crippen MR) is 73.5 cm³/mol. The summed E-state index contributed by atoms with van der Waals surface area (Å²) >= 11 is 1.54. The molecule has 7 nitrogen and oxygen atoms in total. The van der Waals surface area contributed by atoms with E-state index in [1.165, 1.54) is 16.0 Å². The van der Waals surface area contributed by atoms with E-state index in [2.05, 4.69) is 20.6 Å². The van der Waals surface area contributed by atoms with Gasteiger partial charge in [0.2, 0.25) is 5.95 Å². The smallest absolute Gasteiger partial charge is 0.280 e. The van der Waals surface area contributed by atoms with Gasteiger partial charge in [-0.1, -0.05) is 11.2 Å². The number of nitrogens with one attached hydrogen (secondary N) is 1. The summed E-state index contributed by atoms with van der Waals surface area (Å²) in [7, 11) is 1.72. The molecule has 0 aliphatic carbocycles. The van der Waals surface area contributed by atoms with Crippen molar-refractivity contribution in [2.75, 3.05) is 5.32 Å². The van der Waals surface area contributed by atoms with Crippen LogP contribution >= 0.6 is 11.3 Å². The Labute approximate surface area is 118 Å². The fourth-order valence-electron chi connectivity index (χ4n) is 1.64. The summed E-state index contributed by atoms with van der Waals surface area (Å²) in [4.78, 5) is 17.2. The molecule has 0 fully saturated rings. The van der Waals surface area contributed by atoms with Gasteiger partial charge in [-0.3, -0.25) is 10.1 Å². The van der Waals surface area contributed by atoms with Crippen LogP contribution in [0.3, 0.4) is 0 Å². The first-order valence-electron chi connectivity index (χ1n) is 5.83. The maximum absolute atomic E-state index is 12.0. The molecule has 3 aromatic heterocycles. The third kappa shape index (κ3) is 2.32. The molecule has 20 heavy (non-hydrogen) atoms. The van der Waals surface area contributed by atoms with E-state index in [4.69, 9.17) is 4.52 Å². The van der Waals surface area contributed by atoms with E-state index in [1.54, 1.807) is 20.0 Å². The second-order valence-corrected chi connectivity index (χ2v) is 5.08. The maximum atomic E-state index is 12.0. The van der Waals surface area contributed by atoms with Crippen LogP contribution in [0.2, 0.25) is 0 Å². The number of rotatable bonds is 3. The van der Waals surface area contributed by atoms with E-state index in [-0.39, 0.29) is 11.6 Å². The zero-order chi connectivity index (χ0) is 14.1. The van der Waals surface area contributed by atoms with E-state index < -0.39 is 0 Å². The fourth-order valence-corrected chi connectivity index (χ4v) is 2.30. The first kappa shape index (κ1) is 12.5. The monoisotopic (exact) mass is 289 g/mol. The molecule has 3 aromatic rings. The molecule has 0 aliphatic rings. The molecule has 0 spiro atoms. The lowest BCUT2D eigenvalue weighted by Gasteiger charge is -1.99. The fraction of sp³-hybridized carbons (Fsp3) is 0.167. The molecule has 0 unspecified atom stereocenters. The number of hydrogen-bond donors (Lipinski definition) is 1. The highest BCUT2D eigenvalue weighted by molar-refractivity contribution is 7.13. The zero-order valence-corrected chi connectivity index (χ0v) is 11.6. The summed E-state index contributed by atoms with van der Waals surface area (Å²) in [5.41, 5.74) is 0.211. The molecular weight excluding hydrogens is 278 g/mol. The topological polar surface area (TPSA) is 85.8 Å². The van der Waals surface area contributed by atoms with Gasteiger partial charge in [0.15, 0.2) is 11.5 Å².